The summed E-state index contributed by atoms with van der Waals surface area (Å²) in [5.41, 5.74) is 4.38. The molecule has 0 aromatic heterocycles. The molecule has 1 heterocycles. The molecule has 5 nitrogen and oxygen atoms in total. The summed E-state index contributed by atoms with van der Waals surface area (Å²) in [5.74, 6) is -0.237. The fourth-order valence-electron chi connectivity index (χ4n) is 3.43. The third-order valence-electron chi connectivity index (χ3n) is 4.60. The summed E-state index contributed by atoms with van der Waals surface area (Å²) in [6.45, 7) is 3.04. The van der Waals surface area contributed by atoms with E-state index in [1.807, 2.05) is 72.8 Å². The minimum absolute atomic E-state index is 0.113. The molecule has 138 valence electrons. The summed E-state index contributed by atoms with van der Waals surface area (Å²) in [4.78, 5) is 32.7. The van der Waals surface area contributed by atoms with Crippen molar-refractivity contribution >= 4 is 46.5 Å². The zero-order chi connectivity index (χ0) is 19.7. The highest BCUT2D eigenvalue weighted by molar-refractivity contribution is 6.15. The van der Waals surface area contributed by atoms with Crippen molar-refractivity contribution in [2.75, 3.05) is 9.80 Å². The zero-order valence-electron chi connectivity index (χ0n) is 15.7. The smallest absolute Gasteiger partial charge is 0.228 e. The molecule has 0 saturated carbocycles. The number of hydrogen-bond donors (Lipinski definition) is 0. The molecular weight excluding hydrogens is 350 g/mol. The molecule has 0 aliphatic carbocycles. The molecule has 28 heavy (non-hydrogen) atoms. The molecule has 4 rings (SSSR count). The highest BCUT2D eigenvalue weighted by Crippen LogP contribution is 2.49. The van der Waals surface area contributed by atoms with Crippen molar-refractivity contribution in [1.29, 1.82) is 0 Å². The van der Waals surface area contributed by atoms with Crippen LogP contribution in [-0.4, -0.2) is 18.0 Å². The van der Waals surface area contributed by atoms with Crippen LogP contribution in [0.15, 0.2) is 77.8 Å². The number of carbonyl (C=O) groups is 2. The van der Waals surface area contributed by atoms with Gasteiger partial charge in [0.2, 0.25) is 11.8 Å². The quantitative estimate of drug-likeness (QED) is 0.589. The predicted molar refractivity (Wildman–Crippen MR) is 112 cm³/mol. The first kappa shape index (κ1) is 17.7. The second-order valence-electron chi connectivity index (χ2n) is 6.54. The van der Waals surface area contributed by atoms with Gasteiger partial charge in [-0.2, -0.15) is 0 Å². The van der Waals surface area contributed by atoms with Gasteiger partial charge in [-0.1, -0.05) is 42.5 Å². The van der Waals surface area contributed by atoms with Crippen LogP contribution in [0.3, 0.4) is 0 Å². The Balaban J connectivity index is 1.84. The number of nitrogens with zero attached hydrogens (tertiary/aromatic N) is 3. The maximum Gasteiger partial charge on any atom is 0.228 e. The first-order valence-corrected chi connectivity index (χ1v) is 9.00. The normalized spacial score (nSPS) is 12.6. The van der Waals surface area contributed by atoms with Gasteiger partial charge in [0.25, 0.3) is 0 Å². The van der Waals surface area contributed by atoms with Gasteiger partial charge in [0.05, 0.1) is 28.4 Å². The van der Waals surface area contributed by atoms with Crippen LogP contribution in [-0.2, 0) is 9.59 Å². The van der Waals surface area contributed by atoms with Crippen molar-refractivity contribution < 1.29 is 9.59 Å². The van der Waals surface area contributed by atoms with Crippen molar-refractivity contribution in [1.82, 2.24) is 0 Å². The number of benzene rings is 3. The highest BCUT2D eigenvalue weighted by atomic mass is 16.2. The molecule has 0 N–H and O–H groups in total. The molecule has 0 radical (unpaired) electrons. The van der Waals surface area contributed by atoms with E-state index in [1.165, 1.54) is 13.8 Å². The van der Waals surface area contributed by atoms with Crippen LogP contribution in [0.4, 0.5) is 28.4 Å². The van der Waals surface area contributed by atoms with Crippen LogP contribution in [0.1, 0.15) is 19.4 Å². The van der Waals surface area contributed by atoms with E-state index < -0.39 is 0 Å². The van der Waals surface area contributed by atoms with Gasteiger partial charge >= 0.3 is 0 Å². The number of anilines is 4. The van der Waals surface area contributed by atoms with Crippen LogP contribution >= 0.6 is 0 Å². The maximum atomic E-state index is 12.5. The van der Waals surface area contributed by atoms with Gasteiger partial charge in [-0.05, 0) is 35.9 Å². The molecule has 0 bridgehead atoms. The van der Waals surface area contributed by atoms with E-state index in [0.29, 0.717) is 28.4 Å². The molecule has 3 aromatic rings. The minimum atomic E-state index is -0.124. The van der Waals surface area contributed by atoms with Gasteiger partial charge in [0, 0.05) is 20.1 Å². The predicted octanol–water partition coefficient (Wildman–Crippen LogP) is 5.12. The Morgan fingerprint density at radius 1 is 0.714 bits per heavy atom. The van der Waals surface area contributed by atoms with Crippen molar-refractivity contribution in [2.45, 2.75) is 13.8 Å². The Kier molecular flexibility index (Phi) is 4.49. The Morgan fingerprint density at radius 2 is 1.25 bits per heavy atom. The summed E-state index contributed by atoms with van der Waals surface area (Å²) in [6.07, 6.45) is 1.78. The lowest BCUT2D eigenvalue weighted by Gasteiger charge is -2.37. The van der Waals surface area contributed by atoms with Gasteiger partial charge in [0.1, 0.15) is 0 Å². The number of fused-ring (bicyclic) bond motifs is 2. The maximum absolute atomic E-state index is 12.5. The minimum Gasteiger partial charge on any atom is -0.277 e. The van der Waals surface area contributed by atoms with Crippen LogP contribution in [0, 0.1) is 0 Å². The molecule has 0 spiro atoms. The lowest BCUT2D eigenvalue weighted by atomic mass is 10.1. The summed E-state index contributed by atoms with van der Waals surface area (Å²) in [6, 6.07) is 22.7. The average molecular weight is 369 g/mol. The van der Waals surface area contributed by atoms with E-state index in [0.717, 1.165) is 5.56 Å². The monoisotopic (exact) mass is 369 g/mol. The largest absolute Gasteiger partial charge is 0.277 e. The first-order chi connectivity index (χ1) is 13.6. The van der Waals surface area contributed by atoms with Crippen LogP contribution in [0.25, 0.3) is 0 Å². The van der Waals surface area contributed by atoms with Gasteiger partial charge in [-0.15, -0.1) is 0 Å². The van der Waals surface area contributed by atoms with E-state index >= 15 is 0 Å². The van der Waals surface area contributed by atoms with Gasteiger partial charge < -0.3 is 0 Å². The SMILES string of the molecule is CC(=O)N1c2ccccc2N(C(C)=O)c2cc(N=Cc3ccccc3)ccc21. The summed E-state index contributed by atoms with van der Waals surface area (Å²) >= 11 is 0. The van der Waals surface area contributed by atoms with Crippen LogP contribution in [0.2, 0.25) is 0 Å². The van der Waals surface area contributed by atoms with E-state index in [9.17, 15) is 9.59 Å². The van der Waals surface area contributed by atoms with Crippen LogP contribution < -0.4 is 9.80 Å². The van der Waals surface area contributed by atoms with Gasteiger partial charge in [-0.3, -0.25) is 24.4 Å². The van der Waals surface area contributed by atoms with Gasteiger partial charge in [0.15, 0.2) is 0 Å². The number of rotatable bonds is 2. The van der Waals surface area contributed by atoms with Crippen molar-refractivity contribution in [3.05, 3.63) is 78.4 Å². The van der Waals surface area contributed by atoms with Crippen molar-refractivity contribution in [2.24, 2.45) is 4.99 Å². The van der Waals surface area contributed by atoms with Crippen molar-refractivity contribution in [3.63, 3.8) is 0 Å². The number of hydrogen-bond acceptors (Lipinski definition) is 3. The van der Waals surface area contributed by atoms with E-state index in [4.69, 9.17) is 0 Å². The molecule has 5 heteroatoms. The Labute approximate surface area is 163 Å². The Hall–Kier alpha value is -3.73. The lowest BCUT2D eigenvalue weighted by molar-refractivity contribution is -0.117. The molecule has 1 aliphatic rings. The average Bonchev–Trinajstić information content (AvgIpc) is 2.70. The summed E-state index contributed by atoms with van der Waals surface area (Å²) in [5, 5.41) is 0. The zero-order valence-corrected chi connectivity index (χ0v) is 15.7. The number of carbonyl (C=O) groups excluding carboxylic acids is 2. The first-order valence-electron chi connectivity index (χ1n) is 9.00. The standard InChI is InChI=1S/C23H19N3O2/c1-16(27)25-20-10-6-7-11-21(20)26(17(2)28)23-14-19(12-13-22(23)25)24-15-18-8-4-3-5-9-18/h3-15H,1-2H3. The van der Waals surface area contributed by atoms with E-state index in [-0.39, 0.29) is 11.8 Å². The molecule has 3 aromatic carbocycles. The van der Waals surface area contributed by atoms with E-state index in [2.05, 4.69) is 4.99 Å². The molecule has 0 fully saturated rings. The van der Waals surface area contributed by atoms with E-state index in [1.54, 1.807) is 16.0 Å². The Bertz CT molecular complexity index is 1090. The lowest BCUT2D eigenvalue weighted by Crippen LogP contribution is -2.34. The highest BCUT2D eigenvalue weighted by Gasteiger charge is 2.32. The molecule has 0 saturated heterocycles. The second kappa shape index (κ2) is 7.12. The molecule has 1 aliphatic heterocycles. The second-order valence-corrected chi connectivity index (χ2v) is 6.54. The van der Waals surface area contributed by atoms with Crippen LogP contribution in [0.5, 0.6) is 0 Å². The third kappa shape index (κ3) is 3.07. The molecule has 0 atom stereocenters. The fourth-order valence-corrected chi connectivity index (χ4v) is 3.43. The molecular formula is C23H19N3O2. The number of para-hydroxylation sites is 2. The summed E-state index contributed by atoms with van der Waals surface area (Å²) < 4.78 is 0. The van der Waals surface area contributed by atoms with Gasteiger partial charge in [-0.25, -0.2) is 0 Å². The third-order valence-corrected chi connectivity index (χ3v) is 4.60. The number of amides is 2. The molecule has 2 amide bonds. The summed E-state index contributed by atoms with van der Waals surface area (Å²) in [7, 11) is 0. The Morgan fingerprint density at radius 3 is 1.86 bits per heavy atom. The number of aliphatic imine (C=N–C) groups is 1. The fraction of sp³-hybridized carbons (Fsp3) is 0.0870. The molecule has 0 unspecified atom stereocenters. The van der Waals surface area contributed by atoms with Crippen molar-refractivity contribution in [3.8, 4) is 0 Å². The topological polar surface area (TPSA) is 53.0 Å².